The number of hydrogen-bond acceptors (Lipinski definition) is 4. The normalized spacial score (nSPS) is 26.9. The lowest BCUT2D eigenvalue weighted by atomic mass is 10.1. The number of sulfonamides is 1. The fraction of sp³-hybridized carbons (Fsp3) is 1.00. The van der Waals surface area contributed by atoms with Gasteiger partial charge in [-0.1, -0.05) is 0 Å². The van der Waals surface area contributed by atoms with Gasteiger partial charge in [-0.15, -0.1) is 11.6 Å². The number of nitrogens with one attached hydrogen (secondary N) is 1. The zero-order chi connectivity index (χ0) is 13.4. The molecule has 2 fully saturated rings. The van der Waals surface area contributed by atoms with Gasteiger partial charge in [0.15, 0.2) is 0 Å². The van der Waals surface area contributed by atoms with E-state index in [2.05, 4.69) is 4.72 Å². The molecule has 1 heterocycles. The SMILES string of the molecule is O=S1(=O)CCC(S(=O)(=O)NCC2(CCl)CC2)CC1. The van der Waals surface area contributed by atoms with Gasteiger partial charge in [-0.2, -0.15) is 0 Å². The third-order valence-corrected chi connectivity index (χ3v) is 8.01. The first-order valence-corrected chi connectivity index (χ1v) is 9.94. The summed E-state index contributed by atoms with van der Waals surface area (Å²) in [7, 11) is -6.43. The molecule has 1 aliphatic carbocycles. The third kappa shape index (κ3) is 3.37. The molecule has 106 valence electrons. The molecule has 1 N–H and O–H groups in total. The summed E-state index contributed by atoms with van der Waals surface area (Å²) < 4.78 is 49.2. The van der Waals surface area contributed by atoms with Crippen molar-refractivity contribution in [3.8, 4) is 0 Å². The minimum absolute atomic E-state index is 0.0285. The van der Waals surface area contributed by atoms with Gasteiger partial charge in [0.05, 0.1) is 16.8 Å². The number of alkyl halides is 1. The summed E-state index contributed by atoms with van der Waals surface area (Å²) in [6.07, 6.45) is 2.31. The summed E-state index contributed by atoms with van der Waals surface area (Å²) in [5.41, 5.74) is -0.0602. The third-order valence-electron chi connectivity index (χ3n) is 3.83. The molecule has 5 nitrogen and oxygen atoms in total. The lowest BCUT2D eigenvalue weighted by Crippen LogP contribution is -2.42. The lowest BCUT2D eigenvalue weighted by molar-refractivity contribution is 0.515. The summed E-state index contributed by atoms with van der Waals surface area (Å²) >= 11 is 5.79. The molecular weight excluding hydrogens is 298 g/mol. The van der Waals surface area contributed by atoms with E-state index in [0.717, 1.165) is 12.8 Å². The average molecular weight is 316 g/mol. The van der Waals surface area contributed by atoms with Crippen LogP contribution in [0, 0.1) is 5.41 Å². The van der Waals surface area contributed by atoms with Gasteiger partial charge in [-0.25, -0.2) is 21.6 Å². The molecule has 1 saturated carbocycles. The minimum Gasteiger partial charge on any atom is -0.229 e. The van der Waals surface area contributed by atoms with Crippen LogP contribution in [0.5, 0.6) is 0 Å². The molecular formula is C10H18ClNO4S2. The quantitative estimate of drug-likeness (QED) is 0.749. The molecule has 1 aliphatic heterocycles. The van der Waals surface area contributed by atoms with Gasteiger partial charge in [-0.3, -0.25) is 0 Å². The Kier molecular flexibility index (Phi) is 3.98. The van der Waals surface area contributed by atoms with E-state index in [4.69, 9.17) is 11.6 Å². The molecule has 0 aromatic carbocycles. The molecule has 0 spiro atoms. The largest absolute Gasteiger partial charge is 0.229 e. The summed E-state index contributed by atoms with van der Waals surface area (Å²) in [6, 6.07) is 0. The van der Waals surface area contributed by atoms with Crippen molar-refractivity contribution in [2.75, 3.05) is 23.9 Å². The highest BCUT2D eigenvalue weighted by Gasteiger charge is 2.43. The first-order chi connectivity index (χ1) is 8.29. The Balaban J connectivity index is 1.91. The Bertz CT molecular complexity index is 496. The Morgan fingerprint density at radius 3 is 2.22 bits per heavy atom. The Labute approximate surface area is 113 Å². The van der Waals surface area contributed by atoms with Crippen LogP contribution in [-0.2, 0) is 19.9 Å². The fourth-order valence-corrected chi connectivity index (χ4v) is 5.84. The van der Waals surface area contributed by atoms with Gasteiger partial charge in [0.25, 0.3) is 0 Å². The van der Waals surface area contributed by atoms with Crippen molar-refractivity contribution in [3.63, 3.8) is 0 Å². The second-order valence-corrected chi connectivity index (χ2v) is 9.97. The van der Waals surface area contributed by atoms with E-state index < -0.39 is 25.1 Å². The van der Waals surface area contributed by atoms with Crippen molar-refractivity contribution in [1.29, 1.82) is 0 Å². The molecule has 0 bridgehead atoms. The molecule has 0 atom stereocenters. The lowest BCUT2D eigenvalue weighted by Gasteiger charge is -2.23. The van der Waals surface area contributed by atoms with Gasteiger partial charge in [0.2, 0.25) is 10.0 Å². The maximum Gasteiger partial charge on any atom is 0.214 e. The van der Waals surface area contributed by atoms with Crippen LogP contribution >= 0.6 is 11.6 Å². The van der Waals surface area contributed by atoms with Crippen LogP contribution < -0.4 is 4.72 Å². The summed E-state index contributed by atoms with van der Waals surface area (Å²) in [5.74, 6) is 0.410. The molecule has 1 saturated heterocycles. The van der Waals surface area contributed by atoms with E-state index in [0.29, 0.717) is 12.4 Å². The van der Waals surface area contributed by atoms with Crippen molar-refractivity contribution in [1.82, 2.24) is 4.72 Å². The summed E-state index contributed by atoms with van der Waals surface area (Å²) in [5, 5.41) is -0.577. The summed E-state index contributed by atoms with van der Waals surface area (Å²) in [6.45, 7) is 0.377. The van der Waals surface area contributed by atoms with E-state index in [1.807, 2.05) is 0 Å². The van der Waals surface area contributed by atoms with E-state index in [-0.39, 0.29) is 29.8 Å². The van der Waals surface area contributed by atoms with Crippen LogP contribution in [-0.4, -0.2) is 46.0 Å². The van der Waals surface area contributed by atoms with Gasteiger partial charge >= 0.3 is 0 Å². The van der Waals surface area contributed by atoms with E-state index >= 15 is 0 Å². The predicted octanol–water partition coefficient (Wildman–Crippen LogP) is 0.502. The molecule has 0 aromatic heterocycles. The predicted molar refractivity (Wildman–Crippen MR) is 71.0 cm³/mol. The first kappa shape index (κ1) is 14.6. The highest BCUT2D eigenvalue weighted by Crippen LogP contribution is 2.46. The van der Waals surface area contributed by atoms with Crippen LogP contribution in [0.4, 0.5) is 0 Å². The first-order valence-electron chi connectivity index (χ1n) is 6.04. The van der Waals surface area contributed by atoms with Crippen molar-refractivity contribution < 1.29 is 16.8 Å². The number of halogens is 1. The molecule has 0 amide bonds. The van der Waals surface area contributed by atoms with Crippen LogP contribution in [0.25, 0.3) is 0 Å². The Hall–Kier alpha value is 0.150. The average Bonchev–Trinajstić information content (AvgIpc) is 3.07. The molecule has 8 heteroatoms. The topological polar surface area (TPSA) is 80.3 Å². The Morgan fingerprint density at radius 1 is 1.22 bits per heavy atom. The van der Waals surface area contributed by atoms with Crippen molar-refractivity contribution in [3.05, 3.63) is 0 Å². The number of rotatable bonds is 5. The molecule has 2 rings (SSSR count). The standard InChI is InChI=1S/C10H18ClNO4S2/c11-7-10(3-4-10)8-12-18(15,16)9-1-5-17(13,14)6-2-9/h9,12H,1-8H2. The summed E-state index contributed by atoms with van der Waals surface area (Å²) in [4.78, 5) is 0. The second kappa shape index (κ2) is 4.92. The van der Waals surface area contributed by atoms with Gasteiger partial charge < -0.3 is 0 Å². The van der Waals surface area contributed by atoms with Crippen molar-refractivity contribution in [2.45, 2.75) is 30.9 Å². The molecule has 0 aromatic rings. The van der Waals surface area contributed by atoms with E-state index in [1.54, 1.807) is 0 Å². The molecule has 0 radical (unpaired) electrons. The van der Waals surface area contributed by atoms with Crippen LogP contribution in [0.15, 0.2) is 0 Å². The van der Waals surface area contributed by atoms with Gasteiger partial charge in [0, 0.05) is 12.4 Å². The maximum absolute atomic E-state index is 12.0. The van der Waals surface area contributed by atoms with E-state index in [9.17, 15) is 16.8 Å². The molecule has 18 heavy (non-hydrogen) atoms. The van der Waals surface area contributed by atoms with Crippen molar-refractivity contribution in [2.24, 2.45) is 5.41 Å². The maximum atomic E-state index is 12.0. The van der Waals surface area contributed by atoms with Gasteiger partial charge in [-0.05, 0) is 31.1 Å². The molecule has 2 aliphatic rings. The minimum atomic E-state index is -3.41. The van der Waals surface area contributed by atoms with Crippen LogP contribution in [0.3, 0.4) is 0 Å². The van der Waals surface area contributed by atoms with E-state index in [1.165, 1.54) is 0 Å². The zero-order valence-electron chi connectivity index (χ0n) is 10.1. The smallest absolute Gasteiger partial charge is 0.214 e. The monoisotopic (exact) mass is 315 g/mol. The number of hydrogen-bond donors (Lipinski definition) is 1. The van der Waals surface area contributed by atoms with Gasteiger partial charge in [0.1, 0.15) is 9.84 Å². The highest BCUT2D eigenvalue weighted by molar-refractivity contribution is 7.92. The van der Waals surface area contributed by atoms with Crippen LogP contribution in [0.1, 0.15) is 25.7 Å². The molecule has 0 unspecified atom stereocenters. The van der Waals surface area contributed by atoms with Crippen LogP contribution in [0.2, 0.25) is 0 Å². The zero-order valence-corrected chi connectivity index (χ0v) is 12.5. The van der Waals surface area contributed by atoms with Crippen molar-refractivity contribution >= 4 is 31.5 Å². The number of sulfone groups is 1. The highest BCUT2D eigenvalue weighted by atomic mass is 35.5. The fourth-order valence-electron chi connectivity index (χ4n) is 2.08. The second-order valence-electron chi connectivity index (χ2n) is 5.35. The Morgan fingerprint density at radius 2 is 1.78 bits per heavy atom.